The fraction of sp³-hybridized carbons (Fsp3) is 0.158. The van der Waals surface area contributed by atoms with Gasteiger partial charge < -0.3 is 9.15 Å². The number of rotatable bonds is 4. The Morgan fingerprint density at radius 3 is 2.81 bits per heavy atom. The van der Waals surface area contributed by atoms with Crippen LogP contribution in [-0.2, 0) is 4.74 Å². The monoisotopic (exact) mass is 348 g/mol. The van der Waals surface area contributed by atoms with Crippen LogP contribution < -0.4 is 0 Å². The van der Waals surface area contributed by atoms with E-state index in [1.165, 1.54) is 6.33 Å². The first-order valence-corrected chi connectivity index (χ1v) is 8.14. The van der Waals surface area contributed by atoms with Gasteiger partial charge in [0.1, 0.15) is 18.2 Å². The third-order valence-corrected chi connectivity index (χ3v) is 4.04. The summed E-state index contributed by atoms with van der Waals surface area (Å²) in [5.41, 5.74) is 3.59. The van der Waals surface area contributed by atoms with Gasteiger partial charge in [-0.25, -0.2) is 19.4 Å². The van der Waals surface area contributed by atoms with Crippen LogP contribution in [0.5, 0.6) is 0 Å². The largest absolute Gasteiger partial charge is 0.449 e. The van der Waals surface area contributed by atoms with E-state index in [-0.39, 0.29) is 0 Å². The predicted octanol–water partition coefficient (Wildman–Crippen LogP) is 3.63. The zero-order valence-corrected chi connectivity index (χ0v) is 14.3. The highest BCUT2D eigenvalue weighted by Gasteiger charge is 2.19. The molecular formula is C19H16N4O3. The van der Waals surface area contributed by atoms with Crippen LogP contribution in [0.4, 0.5) is 0 Å². The van der Waals surface area contributed by atoms with Crippen molar-refractivity contribution in [2.45, 2.75) is 20.0 Å². The number of carbonyl (C=O) groups is 1. The minimum Gasteiger partial charge on any atom is -0.449 e. The van der Waals surface area contributed by atoms with Crippen LogP contribution in [-0.4, -0.2) is 25.7 Å². The van der Waals surface area contributed by atoms with E-state index in [0.29, 0.717) is 17.0 Å². The smallest absolute Gasteiger partial charge is 0.338 e. The number of oxazole rings is 1. The quantitative estimate of drug-likeness (QED) is 0.524. The number of esters is 1. The molecule has 0 spiro atoms. The number of para-hydroxylation sites is 2. The first-order chi connectivity index (χ1) is 12.6. The zero-order chi connectivity index (χ0) is 18.1. The lowest BCUT2D eigenvalue weighted by atomic mass is 10.1. The van der Waals surface area contributed by atoms with E-state index in [2.05, 4.69) is 15.1 Å². The second-order valence-corrected chi connectivity index (χ2v) is 5.91. The second-order valence-electron chi connectivity index (χ2n) is 5.91. The summed E-state index contributed by atoms with van der Waals surface area (Å²) in [6.07, 6.45) is 2.48. The number of carbonyl (C=O) groups excluding carboxylic acids is 1. The Morgan fingerprint density at radius 2 is 2.08 bits per heavy atom. The molecule has 1 atom stereocenters. The minimum atomic E-state index is -0.592. The average molecular weight is 348 g/mol. The summed E-state index contributed by atoms with van der Waals surface area (Å²) < 4.78 is 12.8. The van der Waals surface area contributed by atoms with Gasteiger partial charge in [0.05, 0.1) is 11.3 Å². The molecule has 0 saturated heterocycles. The van der Waals surface area contributed by atoms with E-state index >= 15 is 0 Å². The Hall–Kier alpha value is -3.48. The number of ether oxygens (including phenoxy) is 1. The first-order valence-electron chi connectivity index (χ1n) is 8.14. The van der Waals surface area contributed by atoms with Gasteiger partial charge in [0.25, 0.3) is 0 Å². The molecule has 130 valence electrons. The zero-order valence-electron chi connectivity index (χ0n) is 14.3. The lowest BCUT2D eigenvalue weighted by Crippen LogP contribution is -2.10. The van der Waals surface area contributed by atoms with Gasteiger partial charge in [0.2, 0.25) is 5.89 Å². The molecule has 2 heterocycles. The maximum atomic E-state index is 12.5. The van der Waals surface area contributed by atoms with Crippen molar-refractivity contribution in [1.29, 1.82) is 0 Å². The fourth-order valence-corrected chi connectivity index (χ4v) is 2.72. The van der Waals surface area contributed by atoms with E-state index in [1.807, 2.05) is 37.3 Å². The molecule has 7 heteroatoms. The summed E-state index contributed by atoms with van der Waals surface area (Å²) in [6, 6.07) is 12.7. The third kappa shape index (κ3) is 2.95. The van der Waals surface area contributed by atoms with Crippen LogP contribution in [0.2, 0.25) is 0 Å². The number of hydrogen-bond acceptors (Lipinski definition) is 6. The molecule has 2 aromatic heterocycles. The second kappa shape index (κ2) is 6.44. The van der Waals surface area contributed by atoms with Crippen molar-refractivity contribution in [3.63, 3.8) is 0 Å². The molecule has 4 aromatic rings. The summed E-state index contributed by atoms with van der Waals surface area (Å²) in [7, 11) is 0. The Balaban J connectivity index is 1.53. The Morgan fingerprint density at radius 1 is 1.23 bits per heavy atom. The number of aryl methyl sites for hydroxylation is 1. The van der Waals surface area contributed by atoms with Crippen LogP contribution in [0, 0.1) is 6.92 Å². The van der Waals surface area contributed by atoms with Crippen LogP contribution in [0.3, 0.4) is 0 Å². The summed E-state index contributed by atoms with van der Waals surface area (Å²) >= 11 is 0. The number of hydrogen-bond donors (Lipinski definition) is 0. The molecule has 0 saturated carbocycles. The van der Waals surface area contributed by atoms with Gasteiger partial charge in [-0.1, -0.05) is 12.1 Å². The van der Waals surface area contributed by atoms with Crippen molar-refractivity contribution in [3.8, 4) is 5.69 Å². The molecule has 0 aliphatic carbocycles. The Kier molecular flexibility index (Phi) is 3.96. The van der Waals surface area contributed by atoms with E-state index in [1.54, 1.807) is 30.1 Å². The molecule has 2 aromatic carbocycles. The van der Waals surface area contributed by atoms with Crippen molar-refractivity contribution >= 4 is 17.1 Å². The maximum Gasteiger partial charge on any atom is 0.338 e. The fourth-order valence-electron chi connectivity index (χ4n) is 2.72. The van der Waals surface area contributed by atoms with Gasteiger partial charge in [-0.2, -0.15) is 5.10 Å². The SMILES string of the molecule is Cc1cc(C(=O)O[C@H](C)c2nc3ccccc3o2)ccc1-n1cncn1. The highest BCUT2D eigenvalue weighted by Crippen LogP contribution is 2.23. The third-order valence-electron chi connectivity index (χ3n) is 4.04. The van der Waals surface area contributed by atoms with Crippen molar-refractivity contribution < 1.29 is 13.9 Å². The van der Waals surface area contributed by atoms with Gasteiger partial charge in [-0.15, -0.1) is 0 Å². The van der Waals surface area contributed by atoms with Crippen molar-refractivity contribution in [3.05, 3.63) is 72.1 Å². The minimum absolute atomic E-state index is 0.371. The molecule has 0 N–H and O–H groups in total. The molecule has 0 bridgehead atoms. The Labute approximate surface area is 149 Å². The summed E-state index contributed by atoms with van der Waals surface area (Å²) in [5, 5.41) is 4.10. The predicted molar refractivity (Wildman–Crippen MR) is 93.9 cm³/mol. The van der Waals surface area contributed by atoms with Crippen LogP contribution >= 0.6 is 0 Å². The molecule has 26 heavy (non-hydrogen) atoms. The van der Waals surface area contributed by atoms with E-state index < -0.39 is 12.1 Å². The van der Waals surface area contributed by atoms with Gasteiger partial charge in [0.15, 0.2) is 11.7 Å². The van der Waals surface area contributed by atoms with E-state index in [0.717, 1.165) is 16.8 Å². The summed E-state index contributed by atoms with van der Waals surface area (Å²) in [6.45, 7) is 3.64. The van der Waals surface area contributed by atoms with Crippen molar-refractivity contribution in [2.75, 3.05) is 0 Å². The number of aromatic nitrogens is 4. The van der Waals surface area contributed by atoms with Crippen LogP contribution in [0.25, 0.3) is 16.8 Å². The van der Waals surface area contributed by atoms with Gasteiger partial charge >= 0.3 is 5.97 Å². The van der Waals surface area contributed by atoms with Gasteiger partial charge in [-0.05, 0) is 49.7 Å². The lowest BCUT2D eigenvalue weighted by Gasteiger charge is -2.11. The topological polar surface area (TPSA) is 83.0 Å². The van der Waals surface area contributed by atoms with Gasteiger partial charge in [-0.3, -0.25) is 0 Å². The molecule has 7 nitrogen and oxygen atoms in total. The Bertz CT molecular complexity index is 1040. The lowest BCUT2D eigenvalue weighted by molar-refractivity contribution is 0.0282. The molecule has 0 aliphatic heterocycles. The highest BCUT2D eigenvalue weighted by molar-refractivity contribution is 5.90. The highest BCUT2D eigenvalue weighted by atomic mass is 16.6. The van der Waals surface area contributed by atoms with E-state index in [4.69, 9.17) is 9.15 Å². The molecule has 0 radical (unpaired) electrons. The normalized spacial score (nSPS) is 12.2. The molecule has 0 unspecified atom stereocenters. The van der Waals surface area contributed by atoms with Crippen molar-refractivity contribution in [1.82, 2.24) is 19.7 Å². The molecular weight excluding hydrogens is 332 g/mol. The number of nitrogens with zero attached hydrogens (tertiary/aromatic N) is 4. The van der Waals surface area contributed by atoms with Gasteiger partial charge in [0, 0.05) is 0 Å². The molecule has 0 aliphatic rings. The van der Waals surface area contributed by atoms with E-state index in [9.17, 15) is 4.79 Å². The first kappa shape index (κ1) is 16.0. The summed E-state index contributed by atoms with van der Waals surface area (Å²) in [5.74, 6) is -0.0662. The standard InChI is InChI=1S/C19H16N4O3/c1-12-9-14(7-8-16(12)23-11-20-10-21-23)19(24)25-13(2)18-22-15-5-3-4-6-17(15)26-18/h3-11,13H,1-2H3/t13-/m1/s1. The maximum absolute atomic E-state index is 12.5. The van der Waals surface area contributed by atoms with Crippen molar-refractivity contribution in [2.24, 2.45) is 0 Å². The summed E-state index contributed by atoms with van der Waals surface area (Å²) in [4.78, 5) is 20.8. The van der Waals surface area contributed by atoms with Crippen LogP contribution in [0.1, 0.15) is 34.8 Å². The number of benzene rings is 2. The molecule has 0 amide bonds. The molecule has 0 fully saturated rings. The average Bonchev–Trinajstić information content (AvgIpc) is 3.31. The van der Waals surface area contributed by atoms with Crippen LogP contribution in [0.15, 0.2) is 59.5 Å². The number of fused-ring (bicyclic) bond motifs is 1. The molecule has 4 rings (SSSR count).